The molecule has 1 aromatic heterocycles. The molecule has 1 heterocycles. The summed E-state index contributed by atoms with van der Waals surface area (Å²) in [5.41, 5.74) is 4.60. The molecule has 0 fully saturated rings. The van der Waals surface area contributed by atoms with Crippen LogP contribution in [-0.4, -0.2) is 17.5 Å². The minimum atomic E-state index is 0.553. The Morgan fingerprint density at radius 3 is 2.09 bits per heavy atom. The molecule has 2 aromatic rings. The van der Waals surface area contributed by atoms with Crippen molar-refractivity contribution < 1.29 is 0 Å². The van der Waals surface area contributed by atoms with Gasteiger partial charge in [0, 0.05) is 18.8 Å². The van der Waals surface area contributed by atoms with E-state index in [1.165, 1.54) is 68.6 Å². The molecule has 1 aromatic carbocycles. The average Bonchev–Trinajstić information content (AvgIpc) is 3.29. The van der Waals surface area contributed by atoms with Crippen LogP contribution in [0.3, 0.4) is 0 Å². The molecule has 0 bridgehead atoms. The maximum atomic E-state index is 9.47. The lowest BCUT2D eigenvalue weighted by Gasteiger charge is -2.33. The predicted molar refractivity (Wildman–Crippen MR) is 150 cm³/mol. The fourth-order valence-corrected chi connectivity index (χ4v) is 5.28. The highest BCUT2D eigenvalue weighted by atomic mass is 32.1. The second-order valence-electron chi connectivity index (χ2n) is 9.68. The van der Waals surface area contributed by atoms with E-state index in [2.05, 4.69) is 78.4 Å². The molecule has 192 valence electrons. The zero-order valence-corrected chi connectivity index (χ0v) is 23.6. The molecule has 35 heavy (non-hydrogen) atoms. The van der Waals surface area contributed by atoms with Gasteiger partial charge in [0.25, 0.3) is 0 Å². The van der Waals surface area contributed by atoms with Crippen molar-refractivity contribution in [3.05, 3.63) is 35.0 Å². The molecule has 0 aliphatic heterocycles. The first-order valence-corrected chi connectivity index (χ1v) is 14.4. The number of hydrogen-bond acceptors (Lipinski definition) is 6. The van der Waals surface area contributed by atoms with Crippen molar-refractivity contribution in [2.24, 2.45) is 22.1 Å². The first-order chi connectivity index (χ1) is 17.0. The molecule has 2 unspecified atom stereocenters. The van der Waals surface area contributed by atoms with Gasteiger partial charge in [0.15, 0.2) is 5.00 Å². The molecule has 0 saturated heterocycles. The van der Waals surface area contributed by atoms with E-state index in [1.54, 1.807) is 0 Å². The van der Waals surface area contributed by atoms with Gasteiger partial charge in [-0.1, -0.05) is 73.1 Å². The van der Waals surface area contributed by atoms with Crippen LogP contribution in [0.25, 0.3) is 0 Å². The minimum Gasteiger partial charge on any atom is -0.371 e. The van der Waals surface area contributed by atoms with E-state index in [-0.39, 0.29) is 0 Å². The maximum Gasteiger partial charge on any atom is 0.176 e. The van der Waals surface area contributed by atoms with Crippen molar-refractivity contribution in [2.75, 3.05) is 18.0 Å². The summed E-state index contributed by atoms with van der Waals surface area (Å²) in [6.45, 7) is 15.6. The van der Waals surface area contributed by atoms with E-state index in [9.17, 15) is 5.26 Å². The van der Waals surface area contributed by atoms with Crippen LogP contribution >= 0.6 is 11.5 Å². The molecule has 2 atom stereocenters. The Labute approximate surface area is 217 Å². The summed E-state index contributed by atoms with van der Waals surface area (Å²) in [6.07, 6.45) is 10.9. The fraction of sp³-hybridized carbons (Fsp3) is 0.655. The molecule has 0 aliphatic carbocycles. The lowest BCUT2D eigenvalue weighted by atomic mass is 9.95. The van der Waals surface area contributed by atoms with Crippen molar-refractivity contribution in [1.29, 1.82) is 5.26 Å². The SMILES string of the molecule is CCCCC(CC)CN(CC(CC)CCCC)c1ccc(N=Nc2snc(CC)c2C#N)c(C)c1. The van der Waals surface area contributed by atoms with E-state index >= 15 is 0 Å². The number of benzene rings is 1. The summed E-state index contributed by atoms with van der Waals surface area (Å²) < 4.78 is 4.35. The van der Waals surface area contributed by atoms with Crippen LogP contribution in [0, 0.1) is 30.1 Å². The van der Waals surface area contributed by atoms with Gasteiger partial charge >= 0.3 is 0 Å². The van der Waals surface area contributed by atoms with Crippen molar-refractivity contribution in [3.8, 4) is 6.07 Å². The Morgan fingerprint density at radius 1 is 0.971 bits per heavy atom. The number of nitriles is 1. The third-order valence-electron chi connectivity index (χ3n) is 7.03. The summed E-state index contributed by atoms with van der Waals surface area (Å²) in [5, 5.41) is 18.9. The lowest BCUT2D eigenvalue weighted by molar-refractivity contribution is 0.403. The van der Waals surface area contributed by atoms with Gasteiger partial charge in [-0.2, -0.15) is 9.64 Å². The number of nitrogens with zero attached hydrogens (tertiary/aromatic N) is 5. The van der Waals surface area contributed by atoms with Crippen molar-refractivity contribution in [2.45, 2.75) is 99.3 Å². The Balaban J connectivity index is 2.28. The van der Waals surface area contributed by atoms with Gasteiger partial charge in [-0.15, -0.1) is 10.2 Å². The quantitative estimate of drug-likeness (QED) is 0.218. The van der Waals surface area contributed by atoms with Gasteiger partial charge in [-0.25, -0.2) is 0 Å². The highest BCUT2D eigenvalue weighted by molar-refractivity contribution is 7.10. The van der Waals surface area contributed by atoms with Gasteiger partial charge < -0.3 is 4.90 Å². The Morgan fingerprint density at radius 2 is 1.60 bits per heavy atom. The number of aromatic nitrogens is 1. The number of azo groups is 1. The Hall–Kier alpha value is -2.26. The Kier molecular flexibility index (Phi) is 13.0. The van der Waals surface area contributed by atoms with Crippen LogP contribution in [0.5, 0.6) is 0 Å². The molecule has 6 heteroatoms. The normalized spacial score (nSPS) is 13.2. The average molecular weight is 496 g/mol. The summed E-state index contributed by atoms with van der Waals surface area (Å²) in [6, 6.07) is 8.78. The highest BCUT2D eigenvalue weighted by Crippen LogP contribution is 2.32. The maximum absolute atomic E-state index is 9.47. The topological polar surface area (TPSA) is 64.6 Å². The van der Waals surface area contributed by atoms with Crippen LogP contribution in [0.4, 0.5) is 16.4 Å². The molecule has 5 nitrogen and oxygen atoms in total. The molecule has 0 spiro atoms. The van der Waals surface area contributed by atoms with Gasteiger partial charge in [-0.3, -0.25) is 0 Å². The Bertz CT molecular complexity index is 940. The van der Waals surface area contributed by atoms with Crippen LogP contribution in [-0.2, 0) is 6.42 Å². The monoisotopic (exact) mass is 495 g/mol. The number of hydrogen-bond donors (Lipinski definition) is 0. The van der Waals surface area contributed by atoms with E-state index in [1.807, 2.05) is 6.92 Å². The molecular formula is C29H45N5S. The zero-order chi connectivity index (χ0) is 25.6. The fourth-order valence-electron chi connectivity index (χ4n) is 4.53. The van der Waals surface area contributed by atoms with Crippen LogP contribution in [0.1, 0.15) is 103 Å². The zero-order valence-electron chi connectivity index (χ0n) is 22.8. The molecule has 0 saturated carbocycles. The second-order valence-corrected chi connectivity index (χ2v) is 10.4. The van der Waals surface area contributed by atoms with E-state index in [4.69, 9.17) is 0 Å². The largest absolute Gasteiger partial charge is 0.371 e. The molecule has 0 amide bonds. The summed E-state index contributed by atoms with van der Waals surface area (Å²) in [7, 11) is 0. The molecule has 0 N–H and O–H groups in total. The lowest BCUT2D eigenvalue weighted by Crippen LogP contribution is -2.34. The van der Waals surface area contributed by atoms with Gasteiger partial charge in [0.2, 0.25) is 0 Å². The van der Waals surface area contributed by atoms with Gasteiger partial charge in [0.05, 0.1) is 11.4 Å². The van der Waals surface area contributed by atoms with E-state index in [0.29, 0.717) is 10.6 Å². The van der Waals surface area contributed by atoms with Gasteiger partial charge in [-0.05, 0) is 73.3 Å². The minimum absolute atomic E-state index is 0.553. The molecular weight excluding hydrogens is 450 g/mol. The number of rotatable bonds is 16. The second kappa shape index (κ2) is 15.7. The van der Waals surface area contributed by atoms with Crippen LogP contribution < -0.4 is 4.90 Å². The third-order valence-corrected chi connectivity index (χ3v) is 7.80. The molecule has 0 radical (unpaired) electrons. The number of anilines is 1. The summed E-state index contributed by atoms with van der Waals surface area (Å²) >= 11 is 1.25. The van der Waals surface area contributed by atoms with Crippen molar-refractivity contribution in [1.82, 2.24) is 4.37 Å². The number of unbranched alkanes of at least 4 members (excludes halogenated alkanes) is 2. The molecule has 2 rings (SSSR count). The first kappa shape index (κ1) is 29.0. The molecule has 0 aliphatic rings. The van der Waals surface area contributed by atoms with E-state index in [0.717, 1.165) is 48.3 Å². The first-order valence-electron chi connectivity index (χ1n) is 13.7. The highest BCUT2D eigenvalue weighted by Gasteiger charge is 2.18. The standard InChI is InChI=1S/C29H45N5S/c1-7-12-14-23(9-3)20-34(21-24(10-4)15-13-8-2)25-16-17-28(22(6)18-25)31-32-29-26(19-30)27(11-5)33-35-29/h16-18,23-24H,7-15,20-21H2,1-6H3. The predicted octanol–water partition coefficient (Wildman–Crippen LogP) is 9.54. The van der Waals surface area contributed by atoms with Crippen molar-refractivity contribution >= 4 is 27.9 Å². The summed E-state index contributed by atoms with van der Waals surface area (Å²) in [5.74, 6) is 1.45. The number of aryl methyl sites for hydroxylation is 2. The van der Waals surface area contributed by atoms with E-state index < -0.39 is 0 Å². The van der Waals surface area contributed by atoms with Crippen LogP contribution in [0.2, 0.25) is 0 Å². The third kappa shape index (κ3) is 8.72. The van der Waals surface area contributed by atoms with Crippen LogP contribution in [0.15, 0.2) is 28.4 Å². The smallest absolute Gasteiger partial charge is 0.176 e. The van der Waals surface area contributed by atoms with Crippen molar-refractivity contribution in [3.63, 3.8) is 0 Å². The van der Waals surface area contributed by atoms with Gasteiger partial charge in [0.1, 0.15) is 11.6 Å². The summed E-state index contributed by atoms with van der Waals surface area (Å²) in [4.78, 5) is 2.63.